The highest BCUT2D eigenvalue weighted by Gasteiger charge is 2.05. The van der Waals surface area contributed by atoms with E-state index in [0.29, 0.717) is 23.0 Å². The van der Waals surface area contributed by atoms with Crippen LogP contribution >= 0.6 is 0 Å². The molecule has 2 rings (SSSR count). The number of anilines is 2. The van der Waals surface area contributed by atoms with Crippen molar-refractivity contribution in [3.8, 4) is 11.5 Å². The fourth-order valence-corrected chi connectivity index (χ4v) is 1.94. The molecule has 4 N–H and O–H groups in total. The molecule has 2 aromatic carbocycles. The number of para-hydroxylation sites is 1. The minimum Gasteiger partial charge on any atom is -0.455 e. The van der Waals surface area contributed by atoms with Gasteiger partial charge < -0.3 is 16.2 Å². The number of rotatable bonds is 4. The number of nitrogens with two attached hydrogens (primary N) is 2. The van der Waals surface area contributed by atoms with Crippen LogP contribution in [-0.2, 0) is 6.42 Å². The third-order valence-corrected chi connectivity index (χ3v) is 2.89. The molecule has 0 saturated carbocycles. The zero-order valence-corrected chi connectivity index (χ0v) is 11.4. The zero-order valence-electron chi connectivity index (χ0n) is 11.4. The van der Waals surface area contributed by atoms with Gasteiger partial charge in [0.15, 0.2) is 5.75 Å². The molecular weight excluding hydrogens is 236 g/mol. The molecule has 0 spiro atoms. The van der Waals surface area contributed by atoms with Crippen molar-refractivity contribution in [1.29, 1.82) is 0 Å². The Bertz CT molecular complexity index is 547. The summed E-state index contributed by atoms with van der Waals surface area (Å²) in [6, 6.07) is 13.5. The SMILES string of the molecule is CC(C)Cc1ccc(Oc2cccc(N)c2N)cc1. The van der Waals surface area contributed by atoms with Gasteiger partial charge in [0.25, 0.3) is 0 Å². The lowest BCUT2D eigenvalue weighted by molar-refractivity contribution is 0.485. The molecule has 0 aliphatic carbocycles. The van der Waals surface area contributed by atoms with Crippen LogP contribution in [0.3, 0.4) is 0 Å². The number of benzene rings is 2. The predicted octanol–water partition coefficient (Wildman–Crippen LogP) is 3.84. The van der Waals surface area contributed by atoms with Crippen molar-refractivity contribution < 1.29 is 4.74 Å². The Morgan fingerprint density at radius 1 is 1.00 bits per heavy atom. The maximum atomic E-state index is 5.88. The van der Waals surface area contributed by atoms with Crippen LogP contribution < -0.4 is 16.2 Å². The van der Waals surface area contributed by atoms with Crippen molar-refractivity contribution in [1.82, 2.24) is 0 Å². The summed E-state index contributed by atoms with van der Waals surface area (Å²) in [5, 5.41) is 0. The van der Waals surface area contributed by atoms with Crippen molar-refractivity contribution >= 4 is 11.4 Å². The quantitative estimate of drug-likeness (QED) is 0.817. The van der Waals surface area contributed by atoms with Crippen molar-refractivity contribution in [3.05, 3.63) is 48.0 Å². The molecule has 19 heavy (non-hydrogen) atoms. The largest absolute Gasteiger partial charge is 0.455 e. The van der Waals surface area contributed by atoms with Gasteiger partial charge >= 0.3 is 0 Å². The molecule has 3 nitrogen and oxygen atoms in total. The second kappa shape index (κ2) is 5.65. The number of hydrogen-bond donors (Lipinski definition) is 2. The summed E-state index contributed by atoms with van der Waals surface area (Å²) < 4.78 is 5.74. The first kappa shape index (κ1) is 13.3. The first-order valence-corrected chi connectivity index (χ1v) is 6.47. The van der Waals surface area contributed by atoms with Crippen LogP contribution in [0.15, 0.2) is 42.5 Å². The molecule has 0 unspecified atom stereocenters. The lowest BCUT2D eigenvalue weighted by Crippen LogP contribution is -1.98. The minimum atomic E-state index is 0.480. The van der Waals surface area contributed by atoms with E-state index in [1.54, 1.807) is 6.07 Å². The average molecular weight is 256 g/mol. The summed E-state index contributed by atoms with van der Waals surface area (Å²) in [6.45, 7) is 4.41. The van der Waals surface area contributed by atoms with Gasteiger partial charge in [0, 0.05) is 0 Å². The molecule has 0 heterocycles. The highest BCUT2D eigenvalue weighted by molar-refractivity contribution is 5.71. The van der Waals surface area contributed by atoms with Crippen LogP contribution in [0, 0.1) is 5.92 Å². The highest BCUT2D eigenvalue weighted by atomic mass is 16.5. The summed E-state index contributed by atoms with van der Waals surface area (Å²) >= 11 is 0. The van der Waals surface area contributed by atoms with Gasteiger partial charge in [-0.2, -0.15) is 0 Å². The monoisotopic (exact) mass is 256 g/mol. The molecule has 0 aromatic heterocycles. The molecule has 0 atom stereocenters. The molecule has 0 aliphatic rings. The number of hydrogen-bond acceptors (Lipinski definition) is 3. The van der Waals surface area contributed by atoms with E-state index >= 15 is 0 Å². The van der Waals surface area contributed by atoms with Gasteiger partial charge in [-0.25, -0.2) is 0 Å². The second-order valence-corrected chi connectivity index (χ2v) is 5.10. The average Bonchev–Trinajstić information content (AvgIpc) is 2.37. The van der Waals surface area contributed by atoms with E-state index in [0.717, 1.165) is 12.2 Å². The van der Waals surface area contributed by atoms with E-state index in [4.69, 9.17) is 16.2 Å². The van der Waals surface area contributed by atoms with E-state index in [-0.39, 0.29) is 0 Å². The Hall–Kier alpha value is -2.16. The van der Waals surface area contributed by atoms with Crippen LogP contribution in [0.1, 0.15) is 19.4 Å². The Morgan fingerprint density at radius 3 is 2.32 bits per heavy atom. The van der Waals surface area contributed by atoms with Crippen LogP contribution in [0.2, 0.25) is 0 Å². The van der Waals surface area contributed by atoms with Gasteiger partial charge in [-0.15, -0.1) is 0 Å². The first-order valence-electron chi connectivity index (χ1n) is 6.47. The van der Waals surface area contributed by atoms with Gasteiger partial charge in [0.2, 0.25) is 0 Å². The highest BCUT2D eigenvalue weighted by Crippen LogP contribution is 2.31. The van der Waals surface area contributed by atoms with Gasteiger partial charge in [-0.05, 0) is 42.2 Å². The molecule has 0 aliphatic heterocycles. The maximum Gasteiger partial charge on any atom is 0.152 e. The van der Waals surface area contributed by atoms with Crippen LogP contribution in [0.5, 0.6) is 11.5 Å². The van der Waals surface area contributed by atoms with Crippen LogP contribution in [-0.4, -0.2) is 0 Å². The third kappa shape index (κ3) is 3.41. The standard InChI is InChI=1S/C16H20N2O/c1-11(2)10-12-6-8-13(9-7-12)19-15-5-3-4-14(17)16(15)18/h3-9,11H,10,17-18H2,1-2H3. The molecule has 0 bridgehead atoms. The summed E-state index contributed by atoms with van der Waals surface area (Å²) in [4.78, 5) is 0. The van der Waals surface area contributed by atoms with Crippen LogP contribution in [0.25, 0.3) is 0 Å². The maximum absolute atomic E-state index is 5.88. The summed E-state index contributed by atoms with van der Waals surface area (Å²) in [6.07, 6.45) is 1.07. The zero-order chi connectivity index (χ0) is 13.8. The minimum absolute atomic E-state index is 0.480. The smallest absolute Gasteiger partial charge is 0.152 e. The molecule has 3 heteroatoms. The fraction of sp³-hybridized carbons (Fsp3) is 0.250. The Kier molecular flexibility index (Phi) is 3.95. The van der Waals surface area contributed by atoms with E-state index in [2.05, 4.69) is 26.0 Å². The topological polar surface area (TPSA) is 61.3 Å². The molecule has 0 fully saturated rings. The Labute approximate surface area is 114 Å². The third-order valence-electron chi connectivity index (χ3n) is 2.89. The molecule has 0 saturated heterocycles. The molecular formula is C16H20N2O. The van der Waals surface area contributed by atoms with Crippen molar-refractivity contribution in [3.63, 3.8) is 0 Å². The second-order valence-electron chi connectivity index (χ2n) is 5.10. The number of ether oxygens (including phenoxy) is 1. The summed E-state index contributed by atoms with van der Waals surface area (Å²) in [5.41, 5.74) is 13.9. The normalized spacial score (nSPS) is 10.7. The van der Waals surface area contributed by atoms with E-state index in [1.807, 2.05) is 24.3 Å². The van der Waals surface area contributed by atoms with Crippen molar-refractivity contribution in [2.24, 2.45) is 5.92 Å². The van der Waals surface area contributed by atoms with Gasteiger partial charge in [0.05, 0.1) is 11.4 Å². The molecule has 0 radical (unpaired) electrons. The fourth-order valence-electron chi connectivity index (χ4n) is 1.94. The first-order chi connectivity index (χ1) is 9.06. The predicted molar refractivity (Wildman–Crippen MR) is 80.3 cm³/mol. The summed E-state index contributed by atoms with van der Waals surface area (Å²) in [7, 11) is 0. The number of nitrogen functional groups attached to an aromatic ring is 2. The van der Waals surface area contributed by atoms with Crippen molar-refractivity contribution in [2.45, 2.75) is 20.3 Å². The lowest BCUT2D eigenvalue weighted by Gasteiger charge is -2.11. The van der Waals surface area contributed by atoms with Crippen LogP contribution in [0.4, 0.5) is 11.4 Å². The van der Waals surface area contributed by atoms with Crippen molar-refractivity contribution in [2.75, 3.05) is 11.5 Å². The summed E-state index contributed by atoms with van der Waals surface area (Å²) in [5.74, 6) is 2.01. The van der Waals surface area contributed by atoms with Gasteiger partial charge in [0.1, 0.15) is 5.75 Å². The lowest BCUT2D eigenvalue weighted by atomic mass is 10.0. The van der Waals surface area contributed by atoms with E-state index in [1.165, 1.54) is 5.56 Å². The van der Waals surface area contributed by atoms with Gasteiger partial charge in [-0.3, -0.25) is 0 Å². The van der Waals surface area contributed by atoms with E-state index in [9.17, 15) is 0 Å². The Morgan fingerprint density at radius 2 is 1.68 bits per heavy atom. The molecule has 100 valence electrons. The Balaban J connectivity index is 2.13. The van der Waals surface area contributed by atoms with Gasteiger partial charge in [-0.1, -0.05) is 32.0 Å². The molecule has 2 aromatic rings. The molecule has 0 amide bonds. The van der Waals surface area contributed by atoms with E-state index < -0.39 is 0 Å².